The summed E-state index contributed by atoms with van der Waals surface area (Å²) in [7, 11) is 0. The predicted octanol–water partition coefficient (Wildman–Crippen LogP) is 3.05. The van der Waals surface area contributed by atoms with Gasteiger partial charge in [-0.05, 0) is 25.0 Å². The number of thioether (sulfide) groups is 1. The van der Waals surface area contributed by atoms with Crippen molar-refractivity contribution in [3.8, 4) is 5.75 Å². The van der Waals surface area contributed by atoms with Crippen LogP contribution in [0.1, 0.15) is 25.8 Å². The van der Waals surface area contributed by atoms with Crippen molar-refractivity contribution in [2.24, 2.45) is 0 Å². The van der Waals surface area contributed by atoms with Crippen molar-refractivity contribution in [2.75, 3.05) is 17.3 Å². The van der Waals surface area contributed by atoms with Gasteiger partial charge in [0.05, 0.1) is 18.0 Å². The van der Waals surface area contributed by atoms with Crippen LogP contribution >= 0.6 is 11.8 Å². The first-order chi connectivity index (χ1) is 9.17. The number of carbonyl (C=O) groups excluding carboxylic acids is 1. The van der Waals surface area contributed by atoms with E-state index in [4.69, 9.17) is 10.1 Å². The third-order valence-electron chi connectivity index (χ3n) is 2.91. The van der Waals surface area contributed by atoms with Crippen LogP contribution in [-0.2, 0) is 11.2 Å². The Kier molecular flexibility index (Phi) is 4.47. The first-order valence-electron chi connectivity index (χ1n) is 6.47. The molecule has 1 saturated heterocycles. The zero-order valence-electron chi connectivity index (χ0n) is 11.2. The first-order valence-corrected chi connectivity index (χ1v) is 7.46. The summed E-state index contributed by atoms with van der Waals surface area (Å²) in [6.45, 7) is 4.62. The van der Waals surface area contributed by atoms with Gasteiger partial charge in [0.25, 0.3) is 0 Å². The van der Waals surface area contributed by atoms with Crippen LogP contribution in [0.2, 0.25) is 0 Å². The van der Waals surface area contributed by atoms with E-state index < -0.39 is 0 Å². The minimum absolute atomic E-state index is 0.0269. The van der Waals surface area contributed by atoms with E-state index >= 15 is 0 Å². The Morgan fingerprint density at radius 3 is 2.79 bits per heavy atom. The third-order valence-corrected chi connectivity index (χ3v) is 3.76. The maximum atomic E-state index is 11.9. The summed E-state index contributed by atoms with van der Waals surface area (Å²) in [5.74, 6) is 1.07. The lowest BCUT2D eigenvalue weighted by Gasteiger charge is -2.20. The van der Waals surface area contributed by atoms with Gasteiger partial charge in [-0.3, -0.25) is 15.1 Å². The van der Waals surface area contributed by atoms with Gasteiger partial charge < -0.3 is 4.74 Å². The Morgan fingerprint density at radius 2 is 2.21 bits per heavy atom. The number of nitrogens with zero attached hydrogens (tertiary/aromatic N) is 1. The molecule has 0 atom stereocenters. The fourth-order valence-electron chi connectivity index (χ4n) is 2.11. The Labute approximate surface area is 117 Å². The van der Waals surface area contributed by atoms with Crippen LogP contribution in [0.4, 0.5) is 5.69 Å². The lowest BCUT2D eigenvalue weighted by atomic mass is 10.1. The second-order valence-corrected chi connectivity index (χ2v) is 5.26. The average Bonchev–Trinajstić information content (AvgIpc) is 2.72. The molecule has 102 valence electrons. The Hall–Kier alpha value is -1.49. The second kappa shape index (κ2) is 6.10. The molecule has 5 heteroatoms. The Balaban J connectivity index is 2.41. The quantitative estimate of drug-likeness (QED) is 0.900. The molecule has 1 fully saturated rings. The maximum Gasteiger partial charge on any atom is 0.243 e. The van der Waals surface area contributed by atoms with Gasteiger partial charge in [0.15, 0.2) is 5.17 Å². The highest BCUT2D eigenvalue weighted by molar-refractivity contribution is 8.15. The van der Waals surface area contributed by atoms with Crippen molar-refractivity contribution in [2.45, 2.75) is 26.7 Å². The number of hydrogen-bond acceptors (Lipinski definition) is 4. The standard InChI is InChI=1S/C14H18N2O2S/c1-3-5-10-6-7-11(18-4-2)8-12(10)16-13(17)9-19-14(16)15/h6-8,15H,3-5,9H2,1-2H3. The molecule has 1 N–H and O–H groups in total. The monoisotopic (exact) mass is 278 g/mol. The number of ether oxygens (including phenoxy) is 1. The number of aryl methyl sites for hydroxylation is 1. The van der Waals surface area contributed by atoms with E-state index in [-0.39, 0.29) is 5.91 Å². The molecule has 0 aliphatic carbocycles. The summed E-state index contributed by atoms with van der Waals surface area (Å²) in [6, 6.07) is 5.79. The summed E-state index contributed by atoms with van der Waals surface area (Å²) >= 11 is 1.27. The topological polar surface area (TPSA) is 53.4 Å². The number of rotatable bonds is 5. The number of carbonyl (C=O) groups is 1. The van der Waals surface area contributed by atoms with Gasteiger partial charge in [-0.25, -0.2) is 0 Å². The van der Waals surface area contributed by atoms with Crippen LogP contribution in [0, 0.1) is 5.41 Å². The summed E-state index contributed by atoms with van der Waals surface area (Å²) in [4.78, 5) is 13.4. The molecule has 19 heavy (non-hydrogen) atoms. The molecule has 0 unspecified atom stereocenters. The van der Waals surface area contributed by atoms with E-state index in [1.807, 2.05) is 25.1 Å². The zero-order chi connectivity index (χ0) is 13.8. The van der Waals surface area contributed by atoms with Crippen molar-refractivity contribution < 1.29 is 9.53 Å². The largest absolute Gasteiger partial charge is 0.494 e. The zero-order valence-corrected chi connectivity index (χ0v) is 12.0. The minimum Gasteiger partial charge on any atom is -0.494 e. The number of anilines is 1. The normalized spacial score (nSPS) is 15.2. The highest BCUT2D eigenvalue weighted by atomic mass is 32.2. The van der Waals surface area contributed by atoms with E-state index in [9.17, 15) is 4.79 Å². The van der Waals surface area contributed by atoms with Gasteiger partial charge in [-0.2, -0.15) is 0 Å². The van der Waals surface area contributed by atoms with E-state index in [2.05, 4.69) is 6.92 Å². The van der Waals surface area contributed by atoms with E-state index in [0.717, 1.165) is 29.8 Å². The summed E-state index contributed by atoms with van der Waals surface area (Å²) < 4.78 is 5.49. The Bertz CT molecular complexity index is 486. The molecule has 0 aromatic heterocycles. The molecule has 1 aromatic rings. The number of amides is 1. The van der Waals surface area contributed by atoms with Gasteiger partial charge in [0.1, 0.15) is 5.75 Å². The molecule has 0 bridgehead atoms. The maximum absolute atomic E-state index is 11.9. The number of amidine groups is 1. The molecular weight excluding hydrogens is 260 g/mol. The third kappa shape index (κ3) is 2.92. The van der Waals surface area contributed by atoms with Crippen LogP contribution in [0.25, 0.3) is 0 Å². The van der Waals surface area contributed by atoms with Crippen LogP contribution in [0.15, 0.2) is 18.2 Å². The van der Waals surface area contributed by atoms with Gasteiger partial charge >= 0.3 is 0 Å². The van der Waals surface area contributed by atoms with Crippen molar-refractivity contribution in [3.63, 3.8) is 0 Å². The predicted molar refractivity (Wildman–Crippen MR) is 79.3 cm³/mol. The minimum atomic E-state index is -0.0269. The number of benzene rings is 1. The molecule has 2 rings (SSSR count). The molecule has 1 aliphatic rings. The molecule has 1 amide bonds. The molecule has 0 spiro atoms. The fraction of sp³-hybridized carbons (Fsp3) is 0.429. The van der Waals surface area contributed by atoms with Crippen LogP contribution in [-0.4, -0.2) is 23.4 Å². The Morgan fingerprint density at radius 1 is 1.42 bits per heavy atom. The molecule has 1 heterocycles. The van der Waals surface area contributed by atoms with Gasteiger partial charge in [0.2, 0.25) is 5.91 Å². The van der Waals surface area contributed by atoms with Crippen molar-refractivity contribution in [1.82, 2.24) is 0 Å². The highest BCUT2D eigenvalue weighted by Gasteiger charge is 2.30. The van der Waals surface area contributed by atoms with Gasteiger partial charge in [-0.15, -0.1) is 0 Å². The number of nitrogens with one attached hydrogen (secondary N) is 1. The molecular formula is C14H18N2O2S. The molecule has 4 nitrogen and oxygen atoms in total. The van der Waals surface area contributed by atoms with Crippen LogP contribution in [0.5, 0.6) is 5.75 Å². The van der Waals surface area contributed by atoms with Crippen molar-refractivity contribution in [3.05, 3.63) is 23.8 Å². The lowest BCUT2D eigenvalue weighted by molar-refractivity contribution is -0.115. The van der Waals surface area contributed by atoms with E-state index in [1.54, 1.807) is 0 Å². The second-order valence-electron chi connectivity index (χ2n) is 4.30. The highest BCUT2D eigenvalue weighted by Crippen LogP contribution is 2.32. The van der Waals surface area contributed by atoms with E-state index in [0.29, 0.717) is 17.5 Å². The molecule has 1 aliphatic heterocycles. The molecule has 0 radical (unpaired) electrons. The lowest BCUT2D eigenvalue weighted by Crippen LogP contribution is -2.29. The number of hydrogen-bond donors (Lipinski definition) is 1. The van der Waals surface area contributed by atoms with Gasteiger partial charge in [0, 0.05) is 6.07 Å². The summed E-state index contributed by atoms with van der Waals surface area (Å²) in [6.07, 6.45) is 1.90. The molecule has 1 aromatic carbocycles. The SMILES string of the molecule is CCCc1ccc(OCC)cc1N1C(=N)SCC1=O. The van der Waals surface area contributed by atoms with E-state index in [1.165, 1.54) is 16.7 Å². The molecule has 0 saturated carbocycles. The summed E-state index contributed by atoms with van der Waals surface area (Å²) in [5, 5.41) is 8.20. The van der Waals surface area contributed by atoms with Crippen LogP contribution < -0.4 is 9.64 Å². The fourth-order valence-corrected chi connectivity index (χ4v) is 2.82. The van der Waals surface area contributed by atoms with Gasteiger partial charge in [-0.1, -0.05) is 31.2 Å². The first kappa shape index (κ1) is 13.9. The average molecular weight is 278 g/mol. The summed E-state index contributed by atoms with van der Waals surface area (Å²) in [5.41, 5.74) is 1.89. The van der Waals surface area contributed by atoms with Crippen molar-refractivity contribution >= 4 is 28.5 Å². The van der Waals surface area contributed by atoms with Crippen LogP contribution in [0.3, 0.4) is 0 Å². The van der Waals surface area contributed by atoms with Crippen molar-refractivity contribution in [1.29, 1.82) is 5.41 Å². The smallest absolute Gasteiger partial charge is 0.243 e.